The number of carbonyl (C=O) groups is 4. The monoisotopic (exact) mass is 711 g/mol. The van der Waals surface area contributed by atoms with Gasteiger partial charge in [-0.05, 0) is 54.3 Å². The van der Waals surface area contributed by atoms with Gasteiger partial charge in [0.1, 0.15) is 0 Å². The molecule has 1 saturated heterocycles. The standard InChI is InChI=1S/C40H66BN3O7/c1-14-32(46)50-26-27(23-36(6,7)38(10,11)30(25-35(3,4)5)49-22-16-21-42)40(13,43)37(8,9)24-29(39(12,41)15-2)34(48)51-33(47)20-18-28-17-19-31(45)44-28/h14,18,20,27-30H,1,15-17,19,22-26,43H2,2-13H3,(H,44,45)/b20-18+. The molecule has 1 fully saturated rings. The molecule has 51 heavy (non-hydrogen) atoms. The first-order chi connectivity index (χ1) is 23.2. The lowest BCUT2D eigenvalue weighted by molar-refractivity contribution is -0.162. The van der Waals surface area contributed by atoms with Crippen molar-refractivity contribution in [2.45, 2.75) is 151 Å². The van der Waals surface area contributed by atoms with Crippen LogP contribution in [0.2, 0.25) is 5.31 Å². The lowest BCUT2D eigenvalue weighted by atomic mass is 9.52. The van der Waals surface area contributed by atoms with E-state index in [2.05, 4.69) is 66.4 Å². The first-order valence-corrected chi connectivity index (χ1v) is 18.3. The number of ether oxygens (including phenoxy) is 3. The van der Waals surface area contributed by atoms with Crippen LogP contribution >= 0.6 is 0 Å². The van der Waals surface area contributed by atoms with Gasteiger partial charge < -0.3 is 25.3 Å². The zero-order valence-corrected chi connectivity index (χ0v) is 33.6. The van der Waals surface area contributed by atoms with Crippen LogP contribution in [0.3, 0.4) is 0 Å². The van der Waals surface area contributed by atoms with Crippen molar-refractivity contribution in [2.24, 2.45) is 39.2 Å². The van der Waals surface area contributed by atoms with E-state index < -0.39 is 56.8 Å². The van der Waals surface area contributed by atoms with Crippen LogP contribution in [-0.2, 0) is 33.4 Å². The van der Waals surface area contributed by atoms with Crippen LogP contribution in [0.5, 0.6) is 0 Å². The lowest BCUT2D eigenvalue weighted by Crippen LogP contribution is -2.60. The summed E-state index contributed by atoms with van der Waals surface area (Å²) >= 11 is 0. The number of nitrogens with one attached hydrogen (secondary N) is 1. The van der Waals surface area contributed by atoms with Gasteiger partial charge in [-0.15, -0.1) is 0 Å². The van der Waals surface area contributed by atoms with Crippen LogP contribution in [0.25, 0.3) is 0 Å². The second kappa shape index (κ2) is 18.2. The van der Waals surface area contributed by atoms with E-state index in [1.165, 1.54) is 6.08 Å². The van der Waals surface area contributed by atoms with Gasteiger partial charge in [-0.2, -0.15) is 5.26 Å². The van der Waals surface area contributed by atoms with Crippen LogP contribution in [0.4, 0.5) is 0 Å². The number of nitriles is 1. The minimum absolute atomic E-state index is 0.00376. The molecule has 6 unspecified atom stereocenters. The quantitative estimate of drug-likeness (QED) is 0.0450. The molecule has 1 aliphatic rings. The summed E-state index contributed by atoms with van der Waals surface area (Å²) in [4.78, 5) is 50.4. The summed E-state index contributed by atoms with van der Waals surface area (Å²) in [7, 11) is 6.73. The molecule has 1 rings (SSSR count). The molecule has 0 aliphatic carbocycles. The van der Waals surface area contributed by atoms with Crippen molar-refractivity contribution >= 4 is 31.7 Å². The van der Waals surface area contributed by atoms with E-state index in [4.69, 9.17) is 27.8 Å². The van der Waals surface area contributed by atoms with Crippen LogP contribution < -0.4 is 11.1 Å². The van der Waals surface area contributed by atoms with Gasteiger partial charge in [0.15, 0.2) is 0 Å². The van der Waals surface area contributed by atoms with Crippen LogP contribution in [-0.4, -0.2) is 62.6 Å². The lowest BCUT2D eigenvalue weighted by Gasteiger charge is -2.54. The van der Waals surface area contributed by atoms with Crippen molar-refractivity contribution in [2.75, 3.05) is 13.2 Å². The van der Waals surface area contributed by atoms with E-state index in [1.54, 1.807) is 6.92 Å². The number of nitrogens with two attached hydrogens (primary N) is 1. The van der Waals surface area contributed by atoms with Gasteiger partial charge in [0.25, 0.3) is 0 Å². The average molecular weight is 712 g/mol. The maximum absolute atomic E-state index is 13.7. The topological polar surface area (TPSA) is 158 Å². The van der Waals surface area contributed by atoms with Crippen molar-refractivity contribution in [3.05, 3.63) is 24.8 Å². The molecule has 1 amide bonds. The molecule has 1 aliphatic heterocycles. The minimum Gasteiger partial charge on any atom is -0.462 e. The highest BCUT2D eigenvalue weighted by molar-refractivity contribution is 6.17. The first-order valence-electron chi connectivity index (χ1n) is 18.3. The molecule has 0 aromatic rings. The first kappa shape index (κ1) is 46.1. The highest BCUT2D eigenvalue weighted by atomic mass is 16.6. The van der Waals surface area contributed by atoms with Gasteiger partial charge >= 0.3 is 17.9 Å². The normalized spacial score (nSPS) is 19.9. The number of hydrogen-bond acceptors (Lipinski definition) is 9. The summed E-state index contributed by atoms with van der Waals surface area (Å²) in [5.74, 6) is -3.58. The number of nitrogens with zero attached hydrogens (tertiary/aromatic N) is 1. The number of esters is 3. The minimum atomic E-state index is -1.05. The van der Waals surface area contributed by atoms with E-state index in [9.17, 15) is 24.4 Å². The van der Waals surface area contributed by atoms with Gasteiger partial charge in [0.05, 0.1) is 45.6 Å². The van der Waals surface area contributed by atoms with Crippen molar-refractivity contribution in [1.29, 1.82) is 5.26 Å². The Hall–Kier alpha value is -2.97. The zero-order valence-electron chi connectivity index (χ0n) is 33.6. The van der Waals surface area contributed by atoms with E-state index in [0.29, 0.717) is 32.3 Å². The van der Waals surface area contributed by atoms with E-state index in [-0.39, 0.29) is 42.9 Å². The molecule has 0 spiro atoms. The fraction of sp³-hybridized carbons (Fsp3) is 0.775. The third-order valence-electron chi connectivity index (χ3n) is 11.8. The number of carbonyl (C=O) groups excluding carboxylic acids is 4. The van der Waals surface area contributed by atoms with Gasteiger partial charge in [0, 0.05) is 36.1 Å². The summed E-state index contributed by atoms with van der Waals surface area (Å²) in [6.07, 6.45) is 6.71. The molecule has 0 saturated carbocycles. The Morgan fingerprint density at radius 1 is 1.02 bits per heavy atom. The Morgan fingerprint density at radius 2 is 1.63 bits per heavy atom. The van der Waals surface area contributed by atoms with Gasteiger partial charge in [-0.1, -0.05) is 101 Å². The smallest absolute Gasteiger partial charge is 0.338 e. The largest absolute Gasteiger partial charge is 0.462 e. The second-order valence-electron chi connectivity index (χ2n) is 18.0. The van der Waals surface area contributed by atoms with Crippen molar-refractivity contribution < 1.29 is 33.4 Å². The summed E-state index contributed by atoms with van der Waals surface area (Å²) in [5, 5.41) is 10.9. The maximum atomic E-state index is 13.7. The molecule has 2 radical (unpaired) electrons. The highest BCUT2D eigenvalue weighted by Crippen LogP contribution is 2.53. The number of rotatable bonds is 20. The molecule has 6 atom stereocenters. The van der Waals surface area contributed by atoms with E-state index in [1.807, 2.05) is 27.7 Å². The molecular formula is C40H66BN3O7. The van der Waals surface area contributed by atoms with Crippen molar-refractivity contribution in [3.63, 3.8) is 0 Å². The van der Waals surface area contributed by atoms with Crippen LogP contribution in [0.1, 0.15) is 128 Å². The third kappa shape index (κ3) is 13.2. The molecule has 11 heteroatoms. The SMILES string of the molecule is [B]C(C)(CC)C(CC(C)(C)C(C)(N)C(COC(=O)C=C)CC(C)(C)C(C)(C)C(CC(C)(C)C)OCCC#N)C(=O)OC(=O)/C=C/C1CCC(=O)N1. The molecule has 3 N–H and O–H groups in total. The Labute approximate surface area is 309 Å². The van der Waals surface area contributed by atoms with Gasteiger partial charge in [0.2, 0.25) is 5.91 Å². The number of amides is 1. The molecule has 0 aromatic carbocycles. The third-order valence-corrected chi connectivity index (χ3v) is 11.8. The Bertz CT molecular complexity index is 1300. The van der Waals surface area contributed by atoms with Gasteiger partial charge in [-0.25, -0.2) is 9.59 Å². The summed E-state index contributed by atoms with van der Waals surface area (Å²) in [6.45, 7) is 28.5. The second-order valence-corrected chi connectivity index (χ2v) is 18.0. The molecule has 0 aromatic heterocycles. The van der Waals surface area contributed by atoms with Crippen LogP contribution in [0, 0.1) is 44.8 Å². The maximum Gasteiger partial charge on any atom is 0.338 e. The van der Waals surface area contributed by atoms with E-state index in [0.717, 1.165) is 18.6 Å². The Morgan fingerprint density at radius 3 is 2.12 bits per heavy atom. The summed E-state index contributed by atoms with van der Waals surface area (Å²) in [5.41, 5.74) is 4.62. The Kier molecular flexibility index (Phi) is 16.4. The molecule has 1 heterocycles. The van der Waals surface area contributed by atoms with Crippen LogP contribution in [0.15, 0.2) is 24.8 Å². The molecule has 10 nitrogen and oxygen atoms in total. The number of hydrogen-bond donors (Lipinski definition) is 2. The molecular weight excluding hydrogens is 645 g/mol. The average Bonchev–Trinajstić information content (AvgIpc) is 3.43. The van der Waals surface area contributed by atoms with E-state index >= 15 is 0 Å². The zero-order chi connectivity index (χ0) is 39.6. The van der Waals surface area contributed by atoms with Gasteiger partial charge in [-0.3, -0.25) is 9.59 Å². The summed E-state index contributed by atoms with van der Waals surface area (Å²) < 4.78 is 17.4. The fourth-order valence-electron chi connectivity index (χ4n) is 6.62. The predicted molar refractivity (Wildman–Crippen MR) is 201 cm³/mol. The Balaban J connectivity index is 3.52. The summed E-state index contributed by atoms with van der Waals surface area (Å²) in [6, 6.07) is 1.88. The predicted octanol–water partition coefficient (Wildman–Crippen LogP) is 6.92. The van der Waals surface area contributed by atoms with Crippen molar-refractivity contribution in [1.82, 2.24) is 5.32 Å². The molecule has 286 valence electrons. The highest BCUT2D eigenvalue weighted by Gasteiger charge is 2.53. The van der Waals surface area contributed by atoms with Crippen molar-refractivity contribution in [3.8, 4) is 6.07 Å². The fourth-order valence-corrected chi connectivity index (χ4v) is 6.62. The molecule has 0 bridgehead atoms.